The Bertz CT molecular complexity index is 218. The number of carbonyl (C=O) groups excluding carboxylic acids is 2. The van der Waals surface area contributed by atoms with Gasteiger partial charge in [-0.2, -0.15) is 0 Å². The molecule has 0 aliphatic carbocycles. The van der Waals surface area contributed by atoms with Crippen molar-refractivity contribution in [3.63, 3.8) is 0 Å². The number of esters is 1. The third-order valence-corrected chi connectivity index (χ3v) is 1.73. The lowest BCUT2D eigenvalue weighted by atomic mass is 10.0. The van der Waals surface area contributed by atoms with Crippen molar-refractivity contribution in [2.75, 3.05) is 0 Å². The Balaban J connectivity index is 4.11. The van der Waals surface area contributed by atoms with Crippen LogP contribution in [0.3, 0.4) is 0 Å². The fraction of sp³-hybridized carbons (Fsp3) is 0.800. The van der Waals surface area contributed by atoms with Crippen LogP contribution in [-0.4, -0.2) is 17.5 Å². The van der Waals surface area contributed by atoms with Gasteiger partial charge in [0.25, 0.3) is 0 Å². The molecule has 0 saturated carbocycles. The van der Waals surface area contributed by atoms with E-state index in [4.69, 9.17) is 10.5 Å². The molecule has 1 amide bonds. The Kier molecular flexibility index (Phi) is 4.60. The van der Waals surface area contributed by atoms with Crippen molar-refractivity contribution >= 4 is 11.9 Å². The Morgan fingerprint density at radius 3 is 2.14 bits per heavy atom. The minimum Gasteiger partial charge on any atom is -0.460 e. The third-order valence-electron chi connectivity index (χ3n) is 1.73. The first-order chi connectivity index (χ1) is 6.26. The van der Waals surface area contributed by atoms with Crippen LogP contribution in [0.1, 0.15) is 40.5 Å². The molecule has 1 atom stereocenters. The number of primary amides is 1. The summed E-state index contributed by atoms with van der Waals surface area (Å²) in [5, 5.41) is 0. The van der Waals surface area contributed by atoms with Crippen LogP contribution in [0.2, 0.25) is 0 Å². The summed E-state index contributed by atoms with van der Waals surface area (Å²) in [7, 11) is 0. The summed E-state index contributed by atoms with van der Waals surface area (Å²) >= 11 is 0. The van der Waals surface area contributed by atoms with E-state index in [9.17, 15) is 9.59 Å². The van der Waals surface area contributed by atoms with Crippen LogP contribution in [0.4, 0.5) is 0 Å². The zero-order valence-corrected chi connectivity index (χ0v) is 9.29. The van der Waals surface area contributed by atoms with Gasteiger partial charge in [0.1, 0.15) is 5.60 Å². The van der Waals surface area contributed by atoms with E-state index in [1.165, 1.54) is 0 Å². The summed E-state index contributed by atoms with van der Waals surface area (Å²) in [4.78, 5) is 22.1. The lowest BCUT2D eigenvalue weighted by molar-refractivity contribution is -0.157. The molecule has 0 unspecified atom stereocenters. The highest BCUT2D eigenvalue weighted by Crippen LogP contribution is 2.13. The molecule has 0 radical (unpaired) electrons. The van der Waals surface area contributed by atoms with E-state index in [0.29, 0.717) is 6.42 Å². The minimum atomic E-state index is -0.507. The molecular formula is C10H19NO3. The van der Waals surface area contributed by atoms with Crippen molar-refractivity contribution in [2.45, 2.75) is 46.1 Å². The highest BCUT2D eigenvalue weighted by Gasteiger charge is 2.22. The van der Waals surface area contributed by atoms with Crippen LogP contribution in [0.5, 0.6) is 0 Å². The fourth-order valence-corrected chi connectivity index (χ4v) is 1.03. The number of amides is 1. The van der Waals surface area contributed by atoms with Gasteiger partial charge in [0.15, 0.2) is 0 Å². The van der Waals surface area contributed by atoms with Gasteiger partial charge in [-0.25, -0.2) is 0 Å². The second-order valence-electron chi connectivity index (χ2n) is 4.30. The van der Waals surface area contributed by atoms with Gasteiger partial charge in [0.2, 0.25) is 5.91 Å². The van der Waals surface area contributed by atoms with E-state index < -0.39 is 17.4 Å². The summed E-state index contributed by atoms with van der Waals surface area (Å²) < 4.78 is 5.07. The highest BCUT2D eigenvalue weighted by atomic mass is 16.6. The quantitative estimate of drug-likeness (QED) is 0.695. The molecule has 4 nitrogen and oxygen atoms in total. The van der Waals surface area contributed by atoms with Crippen molar-refractivity contribution in [3.8, 4) is 0 Å². The van der Waals surface area contributed by atoms with Crippen molar-refractivity contribution in [1.82, 2.24) is 0 Å². The highest BCUT2D eigenvalue weighted by molar-refractivity contribution is 5.82. The molecule has 0 aromatic carbocycles. The number of carbonyl (C=O) groups is 2. The SMILES string of the molecule is CC[C@H](CC(=O)OC(C)(C)C)C(N)=O. The molecule has 0 saturated heterocycles. The number of nitrogens with two attached hydrogens (primary N) is 1. The molecule has 0 fully saturated rings. The van der Waals surface area contributed by atoms with E-state index >= 15 is 0 Å². The van der Waals surface area contributed by atoms with Gasteiger partial charge in [-0.1, -0.05) is 6.92 Å². The van der Waals surface area contributed by atoms with E-state index in [1.807, 2.05) is 6.92 Å². The fourth-order valence-electron chi connectivity index (χ4n) is 1.03. The third kappa shape index (κ3) is 5.56. The molecule has 2 N–H and O–H groups in total. The predicted octanol–water partition coefficient (Wildman–Crippen LogP) is 1.23. The Morgan fingerprint density at radius 1 is 1.36 bits per heavy atom. The van der Waals surface area contributed by atoms with Crippen LogP contribution in [0.25, 0.3) is 0 Å². The standard InChI is InChI=1S/C10H19NO3/c1-5-7(9(11)13)6-8(12)14-10(2,3)4/h7H,5-6H2,1-4H3,(H2,11,13)/t7-/m1/s1. The van der Waals surface area contributed by atoms with Crippen LogP contribution >= 0.6 is 0 Å². The van der Waals surface area contributed by atoms with E-state index in [1.54, 1.807) is 20.8 Å². The van der Waals surface area contributed by atoms with Crippen molar-refractivity contribution < 1.29 is 14.3 Å². The maximum absolute atomic E-state index is 11.3. The summed E-state index contributed by atoms with van der Waals surface area (Å²) in [6, 6.07) is 0. The molecule has 0 aliphatic heterocycles. The van der Waals surface area contributed by atoms with Gasteiger partial charge < -0.3 is 10.5 Å². The van der Waals surface area contributed by atoms with Crippen LogP contribution in [0, 0.1) is 5.92 Å². The van der Waals surface area contributed by atoms with Gasteiger partial charge in [0, 0.05) is 5.92 Å². The summed E-state index contributed by atoms with van der Waals surface area (Å²) in [5.41, 5.74) is 4.61. The minimum absolute atomic E-state index is 0.0725. The number of hydrogen-bond acceptors (Lipinski definition) is 3. The maximum Gasteiger partial charge on any atom is 0.307 e. The molecule has 0 aromatic heterocycles. The van der Waals surface area contributed by atoms with Crippen LogP contribution in [0.15, 0.2) is 0 Å². The summed E-state index contributed by atoms with van der Waals surface area (Å²) in [6.45, 7) is 7.18. The smallest absolute Gasteiger partial charge is 0.307 e. The van der Waals surface area contributed by atoms with Gasteiger partial charge in [-0.15, -0.1) is 0 Å². The first-order valence-corrected chi connectivity index (χ1v) is 4.77. The molecule has 0 aromatic rings. The maximum atomic E-state index is 11.3. The van der Waals surface area contributed by atoms with Gasteiger partial charge in [-0.05, 0) is 27.2 Å². The number of hydrogen-bond donors (Lipinski definition) is 1. The van der Waals surface area contributed by atoms with Crippen LogP contribution in [-0.2, 0) is 14.3 Å². The average molecular weight is 201 g/mol. The average Bonchev–Trinajstić information content (AvgIpc) is 1.96. The molecule has 0 bridgehead atoms. The van der Waals surface area contributed by atoms with Gasteiger partial charge >= 0.3 is 5.97 Å². The summed E-state index contributed by atoms with van der Waals surface area (Å²) in [5.74, 6) is -1.23. The van der Waals surface area contributed by atoms with E-state index in [2.05, 4.69) is 0 Å². The predicted molar refractivity (Wildman–Crippen MR) is 53.4 cm³/mol. The summed E-state index contributed by atoms with van der Waals surface area (Å²) in [6.07, 6.45) is 0.637. The first kappa shape index (κ1) is 12.9. The zero-order chi connectivity index (χ0) is 11.4. The zero-order valence-electron chi connectivity index (χ0n) is 9.29. The second-order valence-corrected chi connectivity index (χ2v) is 4.30. The van der Waals surface area contributed by atoms with Crippen molar-refractivity contribution in [3.05, 3.63) is 0 Å². The molecule has 0 heterocycles. The van der Waals surface area contributed by atoms with E-state index in [0.717, 1.165) is 0 Å². The normalized spacial score (nSPS) is 13.4. The van der Waals surface area contributed by atoms with Gasteiger partial charge in [0.05, 0.1) is 6.42 Å². The monoisotopic (exact) mass is 201 g/mol. The molecule has 0 rings (SSSR count). The molecule has 0 spiro atoms. The molecular weight excluding hydrogens is 182 g/mol. The van der Waals surface area contributed by atoms with Crippen molar-refractivity contribution in [1.29, 1.82) is 0 Å². The lowest BCUT2D eigenvalue weighted by Crippen LogP contribution is -2.29. The topological polar surface area (TPSA) is 69.4 Å². The van der Waals surface area contributed by atoms with Crippen molar-refractivity contribution in [2.24, 2.45) is 11.7 Å². The van der Waals surface area contributed by atoms with E-state index in [-0.39, 0.29) is 12.4 Å². The van der Waals surface area contributed by atoms with Crippen LogP contribution < -0.4 is 5.73 Å². The van der Waals surface area contributed by atoms with Gasteiger partial charge in [-0.3, -0.25) is 9.59 Å². The number of ether oxygens (including phenoxy) is 1. The second kappa shape index (κ2) is 4.98. The molecule has 4 heteroatoms. The first-order valence-electron chi connectivity index (χ1n) is 4.77. The molecule has 14 heavy (non-hydrogen) atoms. The Hall–Kier alpha value is -1.06. The Morgan fingerprint density at radius 2 is 1.86 bits per heavy atom. The Labute approximate surface area is 84.8 Å². The lowest BCUT2D eigenvalue weighted by Gasteiger charge is -2.20. The largest absolute Gasteiger partial charge is 0.460 e. The molecule has 82 valence electrons. The number of rotatable bonds is 4. The molecule has 0 aliphatic rings.